The zero-order chi connectivity index (χ0) is 15.9. The fourth-order valence-corrected chi connectivity index (χ4v) is 3.01. The number of benzene rings is 1. The van der Waals surface area contributed by atoms with Gasteiger partial charge in [-0.15, -0.1) is 0 Å². The predicted octanol–water partition coefficient (Wildman–Crippen LogP) is 0.853. The van der Waals surface area contributed by atoms with Crippen LogP contribution >= 0.6 is 0 Å². The molecule has 2 N–H and O–H groups in total. The van der Waals surface area contributed by atoms with Gasteiger partial charge < -0.3 is 15.1 Å². The van der Waals surface area contributed by atoms with Crippen molar-refractivity contribution in [3.8, 4) is 0 Å². The molecule has 0 aliphatic carbocycles. The molecule has 1 atom stereocenters. The van der Waals surface area contributed by atoms with Crippen molar-refractivity contribution < 1.29 is 15.0 Å². The molecule has 5 heteroatoms. The first kappa shape index (κ1) is 16.9. The summed E-state index contributed by atoms with van der Waals surface area (Å²) in [6.07, 6.45) is 1.29. The predicted molar refractivity (Wildman–Crippen MR) is 85.2 cm³/mol. The summed E-state index contributed by atoms with van der Waals surface area (Å²) in [5.74, 6) is 0.146. The molecule has 1 aromatic carbocycles. The third-order valence-corrected chi connectivity index (χ3v) is 4.42. The van der Waals surface area contributed by atoms with Gasteiger partial charge in [-0.1, -0.05) is 37.3 Å². The van der Waals surface area contributed by atoms with Gasteiger partial charge in [0, 0.05) is 32.1 Å². The molecule has 0 saturated carbocycles. The van der Waals surface area contributed by atoms with Gasteiger partial charge in [0.05, 0.1) is 19.3 Å². The molecule has 22 heavy (non-hydrogen) atoms. The average Bonchev–Trinajstić information content (AvgIpc) is 2.70. The van der Waals surface area contributed by atoms with Crippen LogP contribution in [-0.2, 0) is 11.3 Å². The van der Waals surface area contributed by atoms with E-state index in [1.54, 1.807) is 0 Å². The van der Waals surface area contributed by atoms with E-state index in [0.717, 1.165) is 12.0 Å². The summed E-state index contributed by atoms with van der Waals surface area (Å²) < 4.78 is 0. The Kier molecular flexibility index (Phi) is 6.36. The molecule has 1 amide bonds. The van der Waals surface area contributed by atoms with E-state index >= 15 is 0 Å². The summed E-state index contributed by atoms with van der Waals surface area (Å²) >= 11 is 0. The van der Waals surface area contributed by atoms with Gasteiger partial charge in [0.25, 0.3) is 0 Å². The van der Waals surface area contributed by atoms with E-state index in [4.69, 9.17) is 0 Å². The van der Waals surface area contributed by atoms with E-state index in [2.05, 4.69) is 6.92 Å². The molecule has 1 aromatic rings. The Bertz CT molecular complexity index is 462. The van der Waals surface area contributed by atoms with Crippen LogP contribution in [0.4, 0.5) is 0 Å². The number of hydrogen-bond donors (Lipinski definition) is 2. The smallest absolute Gasteiger partial charge is 0.224 e. The van der Waals surface area contributed by atoms with Crippen LogP contribution in [0.3, 0.4) is 0 Å². The zero-order valence-corrected chi connectivity index (χ0v) is 13.2. The zero-order valence-electron chi connectivity index (χ0n) is 13.2. The SMILES string of the molecule is CC[C@H]1CN(C(CO)CO)CCC(=O)N1Cc1ccccc1. The standard InChI is InChI=1S/C17H26N2O3/c1-2-15-11-18(16(12-20)13-21)9-8-17(22)19(15)10-14-6-4-3-5-7-14/h3-7,15-16,20-21H,2,8-13H2,1H3/t15-/m0/s1. The van der Waals surface area contributed by atoms with E-state index in [1.165, 1.54) is 0 Å². The summed E-state index contributed by atoms with van der Waals surface area (Å²) in [5, 5.41) is 18.8. The van der Waals surface area contributed by atoms with Crippen LogP contribution in [0.15, 0.2) is 30.3 Å². The summed E-state index contributed by atoms with van der Waals surface area (Å²) in [6, 6.07) is 9.84. The van der Waals surface area contributed by atoms with Gasteiger partial charge in [-0.2, -0.15) is 0 Å². The number of nitrogens with zero attached hydrogens (tertiary/aromatic N) is 2. The van der Waals surface area contributed by atoms with Gasteiger partial charge >= 0.3 is 0 Å². The molecule has 5 nitrogen and oxygen atoms in total. The van der Waals surface area contributed by atoms with E-state index in [1.807, 2.05) is 40.1 Å². The average molecular weight is 306 g/mol. The van der Waals surface area contributed by atoms with Gasteiger partial charge in [0.2, 0.25) is 5.91 Å². The highest BCUT2D eigenvalue weighted by Crippen LogP contribution is 2.19. The molecule has 1 aliphatic heterocycles. The van der Waals surface area contributed by atoms with Gasteiger partial charge in [-0.25, -0.2) is 0 Å². The number of hydrogen-bond acceptors (Lipinski definition) is 4. The minimum absolute atomic E-state index is 0.0835. The largest absolute Gasteiger partial charge is 0.395 e. The topological polar surface area (TPSA) is 64.0 Å². The highest BCUT2D eigenvalue weighted by atomic mass is 16.3. The van der Waals surface area contributed by atoms with Crippen molar-refractivity contribution in [1.82, 2.24) is 9.80 Å². The Balaban J connectivity index is 2.13. The Morgan fingerprint density at radius 3 is 2.50 bits per heavy atom. The van der Waals surface area contributed by atoms with E-state index in [-0.39, 0.29) is 31.2 Å². The van der Waals surface area contributed by atoms with Gasteiger partial charge in [0.15, 0.2) is 0 Å². The van der Waals surface area contributed by atoms with Crippen molar-refractivity contribution in [1.29, 1.82) is 0 Å². The highest BCUT2D eigenvalue weighted by Gasteiger charge is 2.31. The number of carbonyl (C=O) groups is 1. The molecule has 1 aliphatic rings. The van der Waals surface area contributed by atoms with Crippen molar-refractivity contribution in [3.05, 3.63) is 35.9 Å². The first-order chi connectivity index (χ1) is 10.7. The Morgan fingerprint density at radius 2 is 1.91 bits per heavy atom. The normalized spacial score (nSPS) is 20.5. The number of aliphatic hydroxyl groups is 2. The van der Waals surface area contributed by atoms with Crippen LogP contribution in [0.5, 0.6) is 0 Å². The van der Waals surface area contributed by atoms with Gasteiger partial charge in [-0.3, -0.25) is 9.69 Å². The lowest BCUT2D eigenvalue weighted by Gasteiger charge is -2.33. The molecule has 0 aromatic heterocycles. The van der Waals surface area contributed by atoms with E-state index < -0.39 is 0 Å². The summed E-state index contributed by atoms with van der Waals surface area (Å²) in [5.41, 5.74) is 1.13. The fourth-order valence-electron chi connectivity index (χ4n) is 3.01. The molecule has 0 radical (unpaired) electrons. The fraction of sp³-hybridized carbons (Fsp3) is 0.588. The minimum Gasteiger partial charge on any atom is -0.395 e. The molecule has 2 rings (SSSR count). The van der Waals surface area contributed by atoms with Crippen LogP contribution in [0.25, 0.3) is 0 Å². The van der Waals surface area contributed by atoms with Crippen LogP contribution in [0, 0.1) is 0 Å². The molecule has 1 fully saturated rings. The second-order valence-electron chi connectivity index (χ2n) is 5.83. The van der Waals surface area contributed by atoms with Crippen molar-refractivity contribution in [2.75, 3.05) is 26.3 Å². The molecule has 1 heterocycles. The quantitative estimate of drug-likeness (QED) is 0.818. The third-order valence-electron chi connectivity index (χ3n) is 4.42. The molecular weight excluding hydrogens is 280 g/mol. The second-order valence-corrected chi connectivity index (χ2v) is 5.83. The summed E-state index contributed by atoms with van der Waals surface area (Å²) in [6.45, 7) is 3.81. The maximum atomic E-state index is 12.5. The van der Waals surface area contributed by atoms with Crippen molar-refractivity contribution in [3.63, 3.8) is 0 Å². The van der Waals surface area contributed by atoms with Gasteiger partial charge in [0.1, 0.15) is 0 Å². The third kappa shape index (κ3) is 4.06. The maximum absolute atomic E-state index is 12.5. The molecular formula is C17H26N2O3. The molecule has 0 bridgehead atoms. The van der Waals surface area contributed by atoms with Gasteiger partial charge in [-0.05, 0) is 12.0 Å². The molecule has 1 saturated heterocycles. The number of amides is 1. The lowest BCUT2D eigenvalue weighted by Crippen LogP contribution is -2.47. The molecule has 0 spiro atoms. The van der Waals surface area contributed by atoms with Crippen molar-refractivity contribution in [2.24, 2.45) is 0 Å². The summed E-state index contributed by atoms with van der Waals surface area (Å²) in [4.78, 5) is 16.5. The van der Waals surface area contributed by atoms with E-state index in [0.29, 0.717) is 26.1 Å². The van der Waals surface area contributed by atoms with Crippen molar-refractivity contribution >= 4 is 5.91 Å². The second kappa shape index (κ2) is 8.27. The maximum Gasteiger partial charge on any atom is 0.224 e. The lowest BCUT2D eigenvalue weighted by molar-refractivity contribution is -0.133. The van der Waals surface area contributed by atoms with Crippen LogP contribution in [0.1, 0.15) is 25.3 Å². The Morgan fingerprint density at radius 1 is 1.23 bits per heavy atom. The number of rotatable bonds is 6. The number of aliphatic hydroxyl groups excluding tert-OH is 2. The Hall–Kier alpha value is -1.43. The lowest BCUT2D eigenvalue weighted by atomic mass is 10.1. The minimum atomic E-state index is -0.279. The van der Waals surface area contributed by atoms with Crippen molar-refractivity contribution in [2.45, 2.75) is 38.4 Å². The van der Waals surface area contributed by atoms with Crippen LogP contribution in [0.2, 0.25) is 0 Å². The first-order valence-electron chi connectivity index (χ1n) is 7.98. The monoisotopic (exact) mass is 306 g/mol. The first-order valence-corrected chi connectivity index (χ1v) is 7.98. The van der Waals surface area contributed by atoms with E-state index in [9.17, 15) is 15.0 Å². The van der Waals surface area contributed by atoms with Crippen LogP contribution < -0.4 is 0 Å². The van der Waals surface area contributed by atoms with Crippen LogP contribution in [-0.4, -0.2) is 64.3 Å². The molecule has 122 valence electrons. The molecule has 0 unspecified atom stereocenters. The summed E-state index contributed by atoms with van der Waals surface area (Å²) in [7, 11) is 0. The Labute approximate surface area is 132 Å². The highest BCUT2D eigenvalue weighted by molar-refractivity contribution is 5.77. The number of carbonyl (C=O) groups excluding carboxylic acids is 1.